The van der Waals surface area contributed by atoms with Crippen molar-refractivity contribution >= 4 is 16.0 Å². The number of carboxylic acid groups (broad SMARTS) is 1. The first-order valence-corrected chi connectivity index (χ1v) is 8.13. The van der Waals surface area contributed by atoms with Crippen LogP contribution in [-0.2, 0) is 14.8 Å². The molecule has 0 aliphatic carbocycles. The number of aryl methyl sites for hydroxylation is 2. The first kappa shape index (κ1) is 15.8. The molecule has 0 radical (unpaired) electrons. The van der Waals surface area contributed by atoms with Crippen LogP contribution in [0.15, 0.2) is 17.0 Å². The summed E-state index contributed by atoms with van der Waals surface area (Å²) in [5, 5.41) is 9.18. The molecule has 1 heterocycles. The number of nitrogens with zero attached hydrogens (tertiary/aromatic N) is 1. The predicted molar refractivity (Wildman–Crippen MR) is 77.0 cm³/mol. The van der Waals surface area contributed by atoms with Gasteiger partial charge >= 0.3 is 5.97 Å². The molecule has 0 bridgehead atoms. The van der Waals surface area contributed by atoms with Gasteiger partial charge in [-0.2, -0.15) is 4.31 Å². The van der Waals surface area contributed by atoms with Gasteiger partial charge in [0, 0.05) is 6.54 Å². The Bertz CT molecular complexity index is 668. The first-order valence-electron chi connectivity index (χ1n) is 6.69. The summed E-state index contributed by atoms with van der Waals surface area (Å²) in [7, 11) is -2.48. The molecule has 1 unspecified atom stereocenters. The fraction of sp³-hybridized carbons (Fsp3) is 0.500. The van der Waals surface area contributed by atoms with Crippen molar-refractivity contribution in [2.75, 3.05) is 13.7 Å². The fourth-order valence-corrected chi connectivity index (χ4v) is 4.40. The monoisotopic (exact) mass is 313 g/mol. The van der Waals surface area contributed by atoms with Gasteiger partial charge in [0.25, 0.3) is 0 Å². The topological polar surface area (TPSA) is 83.9 Å². The van der Waals surface area contributed by atoms with Crippen molar-refractivity contribution in [2.45, 2.75) is 37.6 Å². The van der Waals surface area contributed by atoms with E-state index < -0.39 is 22.0 Å². The van der Waals surface area contributed by atoms with Crippen LogP contribution in [0.3, 0.4) is 0 Å². The average molecular weight is 313 g/mol. The standard InChI is InChI=1S/C14H19NO5S/c1-9-7-12(20-3)13(8-10(9)2)21(18,19)15-6-4-5-11(15)14(16)17/h7-8,11H,4-6H2,1-3H3,(H,16,17). The lowest BCUT2D eigenvalue weighted by atomic mass is 10.1. The number of hydrogen-bond donors (Lipinski definition) is 1. The Morgan fingerprint density at radius 1 is 1.33 bits per heavy atom. The molecular formula is C14H19NO5S. The highest BCUT2D eigenvalue weighted by Crippen LogP contribution is 2.33. The molecule has 1 N–H and O–H groups in total. The number of sulfonamides is 1. The van der Waals surface area contributed by atoms with E-state index in [1.54, 1.807) is 12.1 Å². The third kappa shape index (κ3) is 2.75. The third-order valence-electron chi connectivity index (χ3n) is 3.86. The lowest BCUT2D eigenvalue weighted by molar-refractivity contribution is -0.140. The average Bonchev–Trinajstić information content (AvgIpc) is 2.91. The van der Waals surface area contributed by atoms with Crippen LogP contribution in [0.5, 0.6) is 5.75 Å². The SMILES string of the molecule is COc1cc(C)c(C)cc1S(=O)(=O)N1CCCC1C(=O)O. The smallest absolute Gasteiger partial charge is 0.322 e. The van der Waals surface area contributed by atoms with Crippen LogP contribution in [0.4, 0.5) is 0 Å². The van der Waals surface area contributed by atoms with Crippen LogP contribution in [-0.4, -0.2) is 43.5 Å². The number of benzene rings is 1. The van der Waals surface area contributed by atoms with Gasteiger partial charge in [0.15, 0.2) is 0 Å². The minimum atomic E-state index is -3.89. The Balaban J connectivity index is 2.54. The maximum Gasteiger partial charge on any atom is 0.322 e. The zero-order valence-electron chi connectivity index (χ0n) is 12.3. The zero-order valence-corrected chi connectivity index (χ0v) is 13.1. The molecule has 0 saturated carbocycles. The van der Waals surface area contributed by atoms with Crippen LogP contribution in [0.25, 0.3) is 0 Å². The van der Waals surface area contributed by atoms with Crippen LogP contribution in [0.2, 0.25) is 0 Å². The van der Waals surface area contributed by atoms with E-state index in [1.807, 2.05) is 13.8 Å². The van der Waals surface area contributed by atoms with Crippen molar-refractivity contribution in [1.29, 1.82) is 0 Å². The predicted octanol–water partition coefficient (Wildman–Crippen LogP) is 1.55. The van der Waals surface area contributed by atoms with E-state index >= 15 is 0 Å². The number of ether oxygens (including phenoxy) is 1. The molecule has 1 aromatic rings. The molecule has 1 saturated heterocycles. The summed E-state index contributed by atoms with van der Waals surface area (Å²) in [6.07, 6.45) is 0.880. The van der Waals surface area contributed by atoms with Gasteiger partial charge < -0.3 is 9.84 Å². The maximum atomic E-state index is 12.8. The van der Waals surface area contributed by atoms with Gasteiger partial charge in [0.2, 0.25) is 10.0 Å². The molecule has 1 aliphatic rings. The molecule has 0 aromatic heterocycles. The van der Waals surface area contributed by atoms with Crippen LogP contribution in [0.1, 0.15) is 24.0 Å². The van der Waals surface area contributed by atoms with Crippen molar-refractivity contribution < 1.29 is 23.1 Å². The van der Waals surface area contributed by atoms with Gasteiger partial charge in [-0.15, -0.1) is 0 Å². The molecule has 0 amide bonds. The summed E-state index contributed by atoms with van der Waals surface area (Å²) in [6.45, 7) is 3.89. The van der Waals surface area contributed by atoms with Gasteiger partial charge in [0.05, 0.1) is 7.11 Å². The highest BCUT2D eigenvalue weighted by atomic mass is 32.2. The minimum absolute atomic E-state index is 0.0289. The molecular weight excluding hydrogens is 294 g/mol. The Morgan fingerprint density at radius 2 is 1.95 bits per heavy atom. The van der Waals surface area contributed by atoms with Crippen molar-refractivity contribution in [3.05, 3.63) is 23.3 Å². The number of aliphatic carboxylic acids is 1. The lowest BCUT2D eigenvalue weighted by Gasteiger charge is -2.22. The molecule has 1 aliphatic heterocycles. The van der Waals surface area contributed by atoms with Gasteiger partial charge in [-0.3, -0.25) is 4.79 Å². The molecule has 0 spiro atoms. The summed E-state index contributed by atoms with van der Waals surface area (Å²) < 4.78 is 31.8. The second-order valence-electron chi connectivity index (χ2n) is 5.20. The largest absolute Gasteiger partial charge is 0.495 e. The number of carboxylic acids is 1. The molecule has 1 atom stereocenters. The molecule has 7 heteroatoms. The van der Waals surface area contributed by atoms with Crippen molar-refractivity contribution in [2.24, 2.45) is 0 Å². The van der Waals surface area contributed by atoms with Crippen molar-refractivity contribution in [3.8, 4) is 5.75 Å². The van der Waals surface area contributed by atoms with Crippen molar-refractivity contribution in [3.63, 3.8) is 0 Å². The van der Waals surface area contributed by atoms with E-state index in [1.165, 1.54) is 7.11 Å². The number of methoxy groups -OCH3 is 1. The van der Waals surface area contributed by atoms with Crippen LogP contribution < -0.4 is 4.74 Å². The normalized spacial score (nSPS) is 19.7. The Hall–Kier alpha value is -1.60. The second-order valence-corrected chi connectivity index (χ2v) is 7.06. The molecule has 1 fully saturated rings. The maximum absolute atomic E-state index is 12.8. The molecule has 1 aromatic carbocycles. The number of rotatable bonds is 4. The molecule has 116 valence electrons. The molecule has 2 rings (SSSR count). The number of carbonyl (C=O) groups is 1. The van der Waals surface area contributed by atoms with Crippen molar-refractivity contribution in [1.82, 2.24) is 4.31 Å². The molecule has 21 heavy (non-hydrogen) atoms. The number of hydrogen-bond acceptors (Lipinski definition) is 4. The summed E-state index contributed by atoms with van der Waals surface area (Å²) >= 11 is 0. The van der Waals surface area contributed by atoms with E-state index in [9.17, 15) is 18.3 Å². The van der Waals surface area contributed by atoms with E-state index in [2.05, 4.69) is 0 Å². The van der Waals surface area contributed by atoms with E-state index in [-0.39, 0.29) is 17.2 Å². The van der Waals surface area contributed by atoms with E-state index in [0.29, 0.717) is 12.8 Å². The quantitative estimate of drug-likeness (QED) is 0.911. The Morgan fingerprint density at radius 3 is 2.52 bits per heavy atom. The first-order chi connectivity index (χ1) is 9.78. The highest BCUT2D eigenvalue weighted by Gasteiger charge is 2.40. The highest BCUT2D eigenvalue weighted by molar-refractivity contribution is 7.89. The third-order valence-corrected chi connectivity index (χ3v) is 5.78. The van der Waals surface area contributed by atoms with Gasteiger partial charge in [-0.05, 0) is 49.9 Å². The summed E-state index contributed by atoms with van der Waals surface area (Å²) in [4.78, 5) is 11.3. The second kappa shape index (κ2) is 5.65. The zero-order chi connectivity index (χ0) is 15.8. The van der Waals surface area contributed by atoms with Crippen LogP contribution in [0, 0.1) is 13.8 Å². The summed E-state index contributed by atoms with van der Waals surface area (Å²) in [5.41, 5.74) is 1.74. The summed E-state index contributed by atoms with van der Waals surface area (Å²) in [6, 6.07) is 2.20. The molecule has 6 nitrogen and oxygen atoms in total. The van der Waals surface area contributed by atoms with E-state index in [0.717, 1.165) is 15.4 Å². The van der Waals surface area contributed by atoms with Gasteiger partial charge in [-0.1, -0.05) is 0 Å². The Kier molecular flexibility index (Phi) is 4.25. The minimum Gasteiger partial charge on any atom is -0.495 e. The van der Waals surface area contributed by atoms with Crippen LogP contribution >= 0.6 is 0 Å². The lowest BCUT2D eigenvalue weighted by Crippen LogP contribution is -2.40. The summed E-state index contributed by atoms with van der Waals surface area (Å²) in [5.74, 6) is -0.868. The Labute approximate surface area is 124 Å². The van der Waals surface area contributed by atoms with Gasteiger partial charge in [-0.25, -0.2) is 8.42 Å². The van der Waals surface area contributed by atoms with E-state index in [4.69, 9.17) is 4.74 Å². The fourth-order valence-electron chi connectivity index (χ4n) is 2.53. The van der Waals surface area contributed by atoms with Gasteiger partial charge in [0.1, 0.15) is 16.7 Å².